The summed E-state index contributed by atoms with van der Waals surface area (Å²) in [5, 5.41) is 0.600. The summed E-state index contributed by atoms with van der Waals surface area (Å²) in [4.78, 5) is 13.9. The van der Waals surface area contributed by atoms with Gasteiger partial charge in [0, 0.05) is 18.6 Å². The number of nitrogen functional groups attached to an aromatic ring is 1. The number of benzene rings is 2. The van der Waals surface area contributed by atoms with Gasteiger partial charge in [-0.1, -0.05) is 29.8 Å². The molecule has 0 radical (unpaired) electrons. The van der Waals surface area contributed by atoms with E-state index in [-0.39, 0.29) is 17.2 Å². The van der Waals surface area contributed by atoms with Gasteiger partial charge < -0.3 is 10.3 Å². The molecule has 2 aromatic carbocycles. The van der Waals surface area contributed by atoms with Crippen LogP contribution >= 0.6 is 11.6 Å². The predicted molar refractivity (Wildman–Crippen MR) is 81.5 cm³/mol. The summed E-state index contributed by atoms with van der Waals surface area (Å²) >= 11 is 5.91. The third kappa shape index (κ3) is 3.51. The molecule has 0 aromatic heterocycles. The molecule has 110 valence electrons. The Kier molecular flexibility index (Phi) is 4.77. The number of nitrogens with one attached hydrogen (secondary N) is 1. The van der Waals surface area contributed by atoms with Crippen LogP contribution in [0.25, 0.3) is 0 Å². The molecule has 0 bridgehead atoms. The Labute approximate surface area is 127 Å². The number of nitrogens with zero attached hydrogens (tertiary/aromatic N) is 1. The average Bonchev–Trinajstić information content (AvgIpc) is 2.46. The topological polar surface area (TPSA) is 58.4 Å². The maximum absolute atomic E-state index is 13.6. The first-order valence-corrected chi connectivity index (χ1v) is 6.65. The lowest BCUT2D eigenvalue weighted by Gasteiger charge is -2.19. The summed E-state index contributed by atoms with van der Waals surface area (Å²) in [6, 6.07) is 11.4. The average molecular weight is 308 g/mol. The maximum atomic E-state index is 13.6. The smallest absolute Gasteiger partial charge is 0.256 e. The van der Waals surface area contributed by atoms with Gasteiger partial charge in [-0.15, -0.1) is 0 Å². The van der Waals surface area contributed by atoms with Crippen LogP contribution in [0.3, 0.4) is 0 Å². The van der Waals surface area contributed by atoms with E-state index >= 15 is 0 Å². The normalized spacial score (nSPS) is 10.3. The lowest BCUT2D eigenvalue weighted by Crippen LogP contribution is -2.28. The van der Waals surface area contributed by atoms with E-state index in [2.05, 4.69) is 5.43 Å². The van der Waals surface area contributed by atoms with Crippen molar-refractivity contribution in [1.29, 1.82) is 0 Å². The molecule has 1 amide bonds. The van der Waals surface area contributed by atoms with Gasteiger partial charge in [0.05, 0.1) is 11.3 Å². The molecule has 0 spiro atoms. The molecule has 4 nitrogen and oxygen atoms in total. The molecule has 6 heteroatoms. The number of halogens is 2. The van der Waals surface area contributed by atoms with Crippen LogP contribution in [0.15, 0.2) is 42.5 Å². The predicted octanol–water partition coefficient (Wildman–Crippen LogP) is 3.04. The van der Waals surface area contributed by atoms with Crippen LogP contribution in [0.4, 0.5) is 10.1 Å². The number of rotatable bonds is 4. The standard InChI is InChI=1S/C15H15ClFN3O/c1-20(9-10-4-2-5-11(16)8-10)15(21)12-6-3-7-13(17)14(12)19-18/h2-8,19H,9,18H2,1H3. The van der Waals surface area contributed by atoms with Gasteiger partial charge in [0.25, 0.3) is 5.91 Å². The molecule has 0 fully saturated rings. The van der Waals surface area contributed by atoms with Crippen molar-refractivity contribution in [1.82, 2.24) is 4.90 Å². The highest BCUT2D eigenvalue weighted by Gasteiger charge is 2.18. The highest BCUT2D eigenvalue weighted by atomic mass is 35.5. The number of nitrogens with two attached hydrogens (primary N) is 1. The molecule has 21 heavy (non-hydrogen) atoms. The van der Waals surface area contributed by atoms with Crippen LogP contribution in [0.5, 0.6) is 0 Å². The van der Waals surface area contributed by atoms with E-state index < -0.39 is 5.82 Å². The zero-order valence-corrected chi connectivity index (χ0v) is 12.2. The first-order chi connectivity index (χ1) is 10.0. The highest BCUT2D eigenvalue weighted by Crippen LogP contribution is 2.21. The first-order valence-electron chi connectivity index (χ1n) is 6.28. The number of carbonyl (C=O) groups excluding carboxylic acids is 1. The fraction of sp³-hybridized carbons (Fsp3) is 0.133. The summed E-state index contributed by atoms with van der Waals surface area (Å²) in [5.74, 6) is 4.38. The summed E-state index contributed by atoms with van der Waals surface area (Å²) in [7, 11) is 1.63. The molecule has 0 aliphatic heterocycles. The van der Waals surface area contributed by atoms with Crippen molar-refractivity contribution in [3.8, 4) is 0 Å². The molecule has 0 saturated heterocycles. The van der Waals surface area contributed by atoms with Gasteiger partial charge >= 0.3 is 0 Å². The van der Waals surface area contributed by atoms with Crippen molar-refractivity contribution >= 4 is 23.2 Å². The zero-order chi connectivity index (χ0) is 15.4. The lowest BCUT2D eigenvalue weighted by atomic mass is 10.1. The van der Waals surface area contributed by atoms with Gasteiger partial charge in [-0.05, 0) is 29.8 Å². The van der Waals surface area contributed by atoms with Crippen LogP contribution in [0.2, 0.25) is 5.02 Å². The van der Waals surface area contributed by atoms with Crippen LogP contribution in [0.1, 0.15) is 15.9 Å². The van der Waals surface area contributed by atoms with E-state index in [4.69, 9.17) is 17.4 Å². The van der Waals surface area contributed by atoms with Crippen molar-refractivity contribution in [2.45, 2.75) is 6.54 Å². The van der Waals surface area contributed by atoms with E-state index in [0.29, 0.717) is 11.6 Å². The van der Waals surface area contributed by atoms with Gasteiger partial charge in [-0.25, -0.2) is 4.39 Å². The van der Waals surface area contributed by atoms with E-state index in [1.54, 1.807) is 19.2 Å². The molecule has 0 aliphatic rings. The number of carbonyl (C=O) groups is 1. The van der Waals surface area contributed by atoms with E-state index in [1.165, 1.54) is 23.1 Å². The molecule has 2 rings (SSSR count). The third-order valence-corrected chi connectivity index (χ3v) is 3.28. The zero-order valence-electron chi connectivity index (χ0n) is 11.4. The molecule has 2 aromatic rings. The van der Waals surface area contributed by atoms with Crippen molar-refractivity contribution in [3.05, 3.63) is 64.4 Å². The number of para-hydroxylation sites is 1. The Balaban J connectivity index is 2.22. The molecule has 0 unspecified atom stereocenters. The third-order valence-electron chi connectivity index (χ3n) is 3.04. The lowest BCUT2D eigenvalue weighted by molar-refractivity contribution is 0.0785. The molecular formula is C15H15ClFN3O. The first kappa shape index (κ1) is 15.3. The monoisotopic (exact) mass is 307 g/mol. The van der Waals surface area contributed by atoms with Crippen molar-refractivity contribution in [2.75, 3.05) is 12.5 Å². The minimum Gasteiger partial charge on any atom is -0.337 e. The second-order valence-corrected chi connectivity index (χ2v) is 5.03. The van der Waals surface area contributed by atoms with Gasteiger partial charge in [-0.2, -0.15) is 0 Å². The minimum absolute atomic E-state index is 0.0135. The number of amides is 1. The maximum Gasteiger partial charge on any atom is 0.256 e. The van der Waals surface area contributed by atoms with E-state index in [1.807, 2.05) is 12.1 Å². The van der Waals surface area contributed by atoms with Crippen molar-refractivity contribution in [2.24, 2.45) is 5.84 Å². The van der Waals surface area contributed by atoms with E-state index in [0.717, 1.165) is 5.56 Å². The fourth-order valence-corrected chi connectivity index (χ4v) is 2.25. The van der Waals surface area contributed by atoms with Gasteiger partial charge in [0.15, 0.2) is 0 Å². The number of anilines is 1. The van der Waals surface area contributed by atoms with E-state index in [9.17, 15) is 9.18 Å². The van der Waals surface area contributed by atoms with Crippen LogP contribution in [0, 0.1) is 5.82 Å². The van der Waals surface area contributed by atoms with Gasteiger partial charge in [-0.3, -0.25) is 10.6 Å². The summed E-state index contributed by atoms with van der Waals surface area (Å²) in [6.45, 7) is 0.361. The van der Waals surface area contributed by atoms with Crippen LogP contribution in [-0.4, -0.2) is 17.9 Å². The number of hydrogen-bond donors (Lipinski definition) is 2. The van der Waals surface area contributed by atoms with Crippen LogP contribution < -0.4 is 11.3 Å². The van der Waals surface area contributed by atoms with Crippen molar-refractivity contribution < 1.29 is 9.18 Å². The molecule has 0 heterocycles. The Bertz CT molecular complexity index is 663. The molecule has 3 N–H and O–H groups in total. The van der Waals surface area contributed by atoms with Gasteiger partial charge in [0.2, 0.25) is 0 Å². The van der Waals surface area contributed by atoms with Crippen LogP contribution in [-0.2, 0) is 6.54 Å². The molecule has 0 aliphatic carbocycles. The summed E-state index contributed by atoms with van der Waals surface area (Å²) in [6.07, 6.45) is 0. The fourth-order valence-electron chi connectivity index (χ4n) is 2.04. The minimum atomic E-state index is -0.570. The summed E-state index contributed by atoms with van der Waals surface area (Å²) < 4.78 is 13.6. The molecule has 0 atom stereocenters. The Hall–Kier alpha value is -2.11. The quantitative estimate of drug-likeness (QED) is 0.674. The molecular weight excluding hydrogens is 293 g/mol. The Morgan fingerprint density at radius 1 is 1.33 bits per heavy atom. The Morgan fingerprint density at radius 3 is 2.71 bits per heavy atom. The van der Waals surface area contributed by atoms with Crippen molar-refractivity contribution in [3.63, 3.8) is 0 Å². The number of hydrazine groups is 1. The highest BCUT2D eigenvalue weighted by molar-refractivity contribution is 6.30. The second-order valence-electron chi connectivity index (χ2n) is 4.60. The number of hydrogen-bond acceptors (Lipinski definition) is 3. The molecule has 0 saturated carbocycles. The second kappa shape index (κ2) is 6.56. The largest absolute Gasteiger partial charge is 0.337 e. The Morgan fingerprint density at radius 2 is 2.05 bits per heavy atom. The summed E-state index contributed by atoms with van der Waals surface area (Å²) in [5.41, 5.74) is 3.28. The van der Waals surface area contributed by atoms with Gasteiger partial charge in [0.1, 0.15) is 5.82 Å². The SMILES string of the molecule is CN(Cc1cccc(Cl)c1)C(=O)c1cccc(F)c1NN.